The Kier molecular flexibility index (Phi) is 4.18. The molecule has 1 atom stereocenters. The lowest BCUT2D eigenvalue weighted by molar-refractivity contribution is -0.292. The minimum Gasteiger partial charge on any atom is -0.372 e. The third-order valence-corrected chi connectivity index (χ3v) is 4.53. The second-order valence-corrected chi connectivity index (χ2v) is 5.84. The minimum absolute atomic E-state index is 0.112. The molecule has 4 rings (SSSR count). The lowest BCUT2D eigenvalue weighted by atomic mass is 9.80. The Morgan fingerprint density at radius 1 is 1.26 bits per heavy atom. The van der Waals surface area contributed by atoms with E-state index in [4.69, 9.17) is 14.5 Å². The fourth-order valence-electron chi connectivity index (χ4n) is 3.36. The van der Waals surface area contributed by atoms with Crippen LogP contribution >= 0.6 is 0 Å². The summed E-state index contributed by atoms with van der Waals surface area (Å²) in [4.78, 5) is 21.8. The van der Waals surface area contributed by atoms with Gasteiger partial charge in [-0.1, -0.05) is 6.08 Å². The Morgan fingerprint density at radius 3 is 2.74 bits per heavy atom. The quantitative estimate of drug-likeness (QED) is 0.579. The highest BCUT2D eigenvalue weighted by Gasteiger charge is 2.36. The number of rotatable bonds is 4. The first kappa shape index (κ1) is 13.1. The molecule has 2 bridgehead atoms. The number of hydrogen-bond acceptors (Lipinski definition) is 4. The van der Waals surface area contributed by atoms with Crippen molar-refractivity contribution in [2.45, 2.75) is 63.6 Å². The van der Waals surface area contributed by atoms with Crippen LogP contribution in [0.1, 0.15) is 51.4 Å². The van der Waals surface area contributed by atoms with Gasteiger partial charge >= 0.3 is 5.97 Å². The Balaban J connectivity index is 1.41. The van der Waals surface area contributed by atoms with E-state index in [2.05, 4.69) is 0 Å². The second kappa shape index (κ2) is 6.06. The van der Waals surface area contributed by atoms with E-state index in [1.165, 1.54) is 25.7 Å². The largest absolute Gasteiger partial charge is 0.372 e. The Morgan fingerprint density at radius 2 is 2.11 bits per heavy atom. The topological polar surface area (TPSA) is 44.8 Å². The van der Waals surface area contributed by atoms with Crippen LogP contribution in [-0.4, -0.2) is 24.8 Å². The molecule has 0 aromatic rings. The molecule has 3 fully saturated rings. The molecule has 106 valence electrons. The smallest absolute Gasteiger partial charge is 0.368 e. The Hall–Kier alpha value is -0.870. The number of allylic oxidation sites excluding steroid dienone is 1. The van der Waals surface area contributed by atoms with Crippen molar-refractivity contribution in [1.82, 2.24) is 0 Å². The predicted molar refractivity (Wildman–Crippen MR) is 69.2 cm³/mol. The molecule has 1 unspecified atom stereocenters. The van der Waals surface area contributed by atoms with Gasteiger partial charge < -0.3 is 4.74 Å². The first-order valence-electron chi connectivity index (χ1n) is 7.51. The molecule has 2 aliphatic heterocycles. The van der Waals surface area contributed by atoms with Gasteiger partial charge in [0.15, 0.2) is 0 Å². The summed E-state index contributed by atoms with van der Waals surface area (Å²) in [6.45, 7) is 0.375. The van der Waals surface area contributed by atoms with Gasteiger partial charge in [-0.15, -0.1) is 0 Å². The molecule has 0 aromatic heterocycles. The van der Waals surface area contributed by atoms with Gasteiger partial charge in [0.1, 0.15) is 6.61 Å². The molecule has 19 heavy (non-hydrogen) atoms. The zero-order valence-corrected chi connectivity index (χ0v) is 11.3. The van der Waals surface area contributed by atoms with Crippen molar-refractivity contribution < 1.29 is 19.3 Å². The van der Waals surface area contributed by atoms with Crippen LogP contribution in [0.2, 0.25) is 0 Å². The second-order valence-electron chi connectivity index (χ2n) is 5.84. The summed E-state index contributed by atoms with van der Waals surface area (Å²) in [5.74, 6) is 0.262. The first-order valence-corrected chi connectivity index (χ1v) is 7.51. The number of carbonyl (C=O) groups is 1. The molecule has 0 aromatic carbocycles. The van der Waals surface area contributed by atoms with Crippen molar-refractivity contribution >= 4 is 5.97 Å². The molecule has 4 aliphatic rings. The van der Waals surface area contributed by atoms with Gasteiger partial charge in [0, 0.05) is 5.57 Å². The third kappa shape index (κ3) is 3.18. The standard InChI is InChI=1S/C15H22O4/c16-15(12-4-2-1-3-5-12)19-17-10-14-11-6-8-13(18-14)9-7-11/h4,11,13-14H,1-3,5-10H2. The summed E-state index contributed by atoms with van der Waals surface area (Å²) in [5.41, 5.74) is 0.761. The zero-order valence-electron chi connectivity index (χ0n) is 11.3. The number of hydrogen-bond donors (Lipinski definition) is 0. The molecule has 0 amide bonds. The van der Waals surface area contributed by atoms with Crippen molar-refractivity contribution in [3.8, 4) is 0 Å². The highest BCUT2D eigenvalue weighted by molar-refractivity contribution is 5.88. The fraction of sp³-hybridized carbons (Fsp3) is 0.800. The molecule has 2 aliphatic carbocycles. The van der Waals surface area contributed by atoms with E-state index in [9.17, 15) is 4.79 Å². The number of carbonyl (C=O) groups excluding carboxylic acids is 1. The summed E-state index contributed by atoms with van der Waals surface area (Å²) in [5, 5.41) is 0. The van der Waals surface area contributed by atoms with Crippen LogP contribution in [0.5, 0.6) is 0 Å². The maximum atomic E-state index is 11.7. The van der Waals surface area contributed by atoms with Gasteiger partial charge in [0.2, 0.25) is 0 Å². The number of fused-ring (bicyclic) bond motifs is 3. The van der Waals surface area contributed by atoms with Crippen LogP contribution in [-0.2, 0) is 19.3 Å². The van der Waals surface area contributed by atoms with Crippen LogP contribution < -0.4 is 0 Å². The van der Waals surface area contributed by atoms with E-state index >= 15 is 0 Å². The summed E-state index contributed by atoms with van der Waals surface area (Å²) in [7, 11) is 0. The normalized spacial score (nSPS) is 33.9. The summed E-state index contributed by atoms with van der Waals surface area (Å²) >= 11 is 0. The van der Waals surface area contributed by atoms with Crippen LogP contribution in [0.15, 0.2) is 11.6 Å². The lowest BCUT2D eigenvalue weighted by Gasteiger charge is -2.41. The van der Waals surface area contributed by atoms with E-state index in [0.29, 0.717) is 18.6 Å². The Labute approximate surface area is 114 Å². The van der Waals surface area contributed by atoms with E-state index in [0.717, 1.165) is 31.3 Å². The van der Waals surface area contributed by atoms with Gasteiger partial charge in [-0.2, -0.15) is 4.89 Å². The van der Waals surface area contributed by atoms with Crippen molar-refractivity contribution in [2.24, 2.45) is 5.92 Å². The van der Waals surface area contributed by atoms with Crippen LogP contribution in [0.4, 0.5) is 0 Å². The molecular weight excluding hydrogens is 244 g/mol. The van der Waals surface area contributed by atoms with Crippen molar-refractivity contribution in [1.29, 1.82) is 0 Å². The predicted octanol–water partition coefficient (Wildman–Crippen LogP) is 2.92. The monoisotopic (exact) mass is 266 g/mol. The highest BCUT2D eigenvalue weighted by atomic mass is 17.2. The molecule has 1 saturated carbocycles. The van der Waals surface area contributed by atoms with E-state index in [1.807, 2.05) is 6.08 Å². The molecule has 4 nitrogen and oxygen atoms in total. The van der Waals surface area contributed by atoms with Gasteiger partial charge in [-0.25, -0.2) is 4.79 Å². The Bertz CT molecular complexity index is 355. The molecule has 0 N–H and O–H groups in total. The van der Waals surface area contributed by atoms with Gasteiger partial charge in [-0.05, 0) is 57.3 Å². The fourth-order valence-corrected chi connectivity index (χ4v) is 3.36. The van der Waals surface area contributed by atoms with E-state index < -0.39 is 0 Å². The van der Waals surface area contributed by atoms with Gasteiger partial charge in [-0.3, -0.25) is 4.89 Å². The summed E-state index contributed by atoms with van der Waals surface area (Å²) in [6, 6.07) is 0. The maximum absolute atomic E-state index is 11.7. The molecule has 2 heterocycles. The van der Waals surface area contributed by atoms with Crippen molar-refractivity contribution in [3.05, 3.63) is 11.6 Å². The molecule has 2 saturated heterocycles. The number of ether oxygens (including phenoxy) is 1. The molecule has 0 radical (unpaired) electrons. The van der Waals surface area contributed by atoms with Crippen LogP contribution in [0.25, 0.3) is 0 Å². The molecule has 4 heteroatoms. The third-order valence-electron chi connectivity index (χ3n) is 4.53. The molecular formula is C15H22O4. The summed E-state index contributed by atoms with van der Waals surface area (Å²) in [6.07, 6.45) is 11.3. The van der Waals surface area contributed by atoms with E-state index in [-0.39, 0.29) is 12.1 Å². The average Bonchev–Trinajstić information content (AvgIpc) is 2.49. The SMILES string of the molecule is O=C(OOCC1OC2CCC1CC2)C1=CCCCC1. The first-order chi connectivity index (χ1) is 9.33. The van der Waals surface area contributed by atoms with Gasteiger partial charge in [0.25, 0.3) is 0 Å². The van der Waals surface area contributed by atoms with Gasteiger partial charge in [0.05, 0.1) is 12.2 Å². The average molecular weight is 266 g/mol. The summed E-state index contributed by atoms with van der Waals surface area (Å²) < 4.78 is 5.88. The van der Waals surface area contributed by atoms with Crippen molar-refractivity contribution in [2.75, 3.05) is 6.61 Å². The zero-order chi connectivity index (χ0) is 13.1. The molecule has 0 spiro atoms. The maximum Gasteiger partial charge on any atom is 0.368 e. The van der Waals surface area contributed by atoms with Crippen molar-refractivity contribution in [3.63, 3.8) is 0 Å². The minimum atomic E-state index is -0.319. The lowest BCUT2D eigenvalue weighted by Crippen LogP contribution is -2.43. The van der Waals surface area contributed by atoms with E-state index in [1.54, 1.807) is 0 Å². The van der Waals surface area contributed by atoms with Crippen LogP contribution in [0, 0.1) is 5.92 Å². The highest BCUT2D eigenvalue weighted by Crippen LogP contribution is 2.37. The van der Waals surface area contributed by atoms with Crippen LogP contribution in [0.3, 0.4) is 0 Å².